The van der Waals surface area contributed by atoms with E-state index in [0.29, 0.717) is 22.0 Å². The lowest BCUT2D eigenvalue weighted by Gasteiger charge is -2.12. The summed E-state index contributed by atoms with van der Waals surface area (Å²) in [5.41, 5.74) is 0.444. The predicted molar refractivity (Wildman–Crippen MR) is 87.8 cm³/mol. The molecule has 0 aromatic heterocycles. The Balaban J connectivity index is 2.57. The summed E-state index contributed by atoms with van der Waals surface area (Å²) in [4.78, 5) is 12.2. The SMILES string of the molecule is CCCCCCCCC(=O)C(C#N)c1c(Cl)cccc1Cl. The highest BCUT2D eigenvalue weighted by molar-refractivity contribution is 6.36. The summed E-state index contributed by atoms with van der Waals surface area (Å²) >= 11 is 12.2. The largest absolute Gasteiger partial charge is 0.298 e. The molecule has 0 amide bonds. The Kier molecular flexibility index (Phi) is 8.42. The second kappa shape index (κ2) is 9.82. The van der Waals surface area contributed by atoms with Gasteiger partial charge in [-0.1, -0.05) is 68.3 Å². The van der Waals surface area contributed by atoms with Crippen LogP contribution in [0.4, 0.5) is 0 Å². The number of hydrogen-bond acceptors (Lipinski definition) is 2. The molecule has 0 N–H and O–H groups in total. The number of nitriles is 1. The Morgan fingerprint density at radius 1 is 1.14 bits per heavy atom. The fourth-order valence-corrected chi connectivity index (χ4v) is 2.92. The number of ketones is 1. The Labute approximate surface area is 137 Å². The minimum Gasteiger partial charge on any atom is -0.298 e. The van der Waals surface area contributed by atoms with Crippen LogP contribution in [0.1, 0.15) is 63.4 Å². The molecule has 21 heavy (non-hydrogen) atoms. The summed E-state index contributed by atoms with van der Waals surface area (Å²) < 4.78 is 0. The number of carbonyl (C=O) groups is 1. The van der Waals surface area contributed by atoms with Crippen LogP contribution < -0.4 is 0 Å². The first-order valence-electron chi connectivity index (χ1n) is 7.48. The first kappa shape index (κ1) is 18.0. The number of benzene rings is 1. The summed E-state index contributed by atoms with van der Waals surface area (Å²) in [7, 11) is 0. The molecule has 0 radical (unpaired) electrons. The maximum Gasteiger partial charge on any atom is 0.154 e. The van der Waals surface area contributed by atoms with Gasteiger partial charge in [0.15, 0.2) is 5.78 Å². The van der Waals surface area contributed by atoms with Crippen LogP contribution in [0.2, 0.25) is 10.0 Å². The van der Waals surface area contributed by atoms with Gasteiger partial charge in [0.1, 0.15) is 5.92 Å². The number of carbonyl (C=O) groups excluding carboxylic acids is 1. The van der Waals surface area contributed by atoms with Gasteiger partial charge in [-0.25, -0.2) is 0 Å². The van der Waals surface area contributed by atoms with E-state index in [2.05, 4.69) is 6.92 Å². The highest BCUT2D eigenvalue weighted by Gasteiger charge is 2.24. The zero-order valence-corrected chi connectivity index (χ0v) is 13.9. The number of hydrogen-bond donors (Lipinski definition) is 0. The lowest BCUT2D eigenvalue weighted by Crippen LogP contribution is -2.11. The fourth-order valence-electron chi connectivity index (χ4n) is 2.31. The summed E-state index contributed by atoms with van der Waals surface area (Å²) in [6.07, 6.45) is 7.06. The Bertz CT molecular complexity index is 488. The molecule has 0 fully saturated rings. The van der Waals surface area contributed by atoms with Crippen molar-refractivity contribution in [2.45, 2.75) is 57.8 Å². The van der Waals surface area contributed by atoms with Gasteiger partial charge in [0.25, 0.3) is 0 Å². The smallest absolute Gasteiger partial charge is 0.154 e. The molecule has 0 bridgehead atoms. The van der Waals surface area contributed by atoms with Gasteiger partial charge >= 0.3 is 0 Å². The molecule has 4 heteroatoms. The van der Waals surface area contributed by atoms with Gasteiger partial charge in [-0.15, -0.1) is 0 Å². The molecule has 2 nitrogen and oxygen atoms in total. The van der Waals surface area contributed by atoms with Crippen LogP contribution in [-0.2, 0) is 4.79 Å². The molecule has 1 atom stereocenters. The molecule has 0 aliphatic heterocycles. The normalized spacial score (nSPS) is 11.9. The van der Waals surface area contributed by atoms with E-state index < -0.39 is 5.92 Å². The lowest BCUT2D eigenvalue weighted by atomic mass is 9.92. The van der Waals surface area contributed by atoms with Crippen molar-refractivity contribution >= 4 is 29.0 Å². The summed E-state index contributed by atoms with van der Waals surface area (Å²) in [6.45, 7) is 2.17. The highest BCUT2D eigenvalue weighted by Crippen LogP contribution is 2.32. The van der Waals surface area contributed by atoms with E-state index in [1.165, 1.54) is 19.3 Å². The van der Waals surface area contributed by atoms with E-state index in [-0.39, 0.29) is 5.78 Å². The molecule has 1 aromatic rings. The van der Waals surface area contributed by atoms with Crippen LogP contribution >= 0.6 is 23.2 Å². The van der Waals surface area contributed by atoms with Gasteiger partial charge in [0.2, 0.25) is 0 Å². The van der Waals surface area contributed by atoms with Gasteiger partial charge in [-0.2, -0.15) is 5.26 Å². The van der Waals surface area contributed by atoms with Crippen molar-refractivity contribution in [3.8, 4) is 6.07 Å². The predicted octanol–water partition coefficient (Wildman–Crippen LogP) is 5.92. The van der Waals surface area contributed by atoms with E-state index in [1.807, 2.05) is 6.07 Å². The molecule has 0 aliphatic carbocycles. The molecule has 114 valence electrons. The maximum absolute atomic E-state index is 12.2. The minimum absolute atomic E-state index is 0.0945. The first-order chi connectivity index (χ1) is 10.1. The van der Waals surface area contributed by atoms with Crippen LogP contribution in [0.3, 0.4) is 0 Å². The van der Waals surface area contributed by atoms with E-state index in [0.717, 1.165) is 19.3 Å². The van der Waals surface area contributed by atoms with E-state index in [4.69, 9.17) is 23.2 Å². The third-order valence-corrected chi connectivity index (χ3v) is 4.18. The molecule has 1 aromatic carbocycles. The Morgan fingerprint density at radius 3 is 2.29 bits per heavy atom. The quantitative estimate of drug-likeness (QED) is 0.528. The van der Waals surface area contributed by atoms with E-state index >= 15 is 0 Å². The molecule has 0 aliphatic rings. The Morgan fingerprint density at radius 2 is 1.71 bits per heavy atom. The van der Waals surface area contributed by atoms with Crippen LogP contribution in [-0.4, -0.2) is 5.78 Å². The van der Waals surface area contributed by atoms with Gasteiger partial charge in [0, 0.05) is 22.0 Å². The lowest BCUT2D eigenvalue weighted by molar-refractivity contribution is -0.119. The average molecular weight is 326 g/mol. The van der Waals surface area contributed by atoms with Crippen molar-refractivity contribution < 1.29 is 4.79 Å². The van der Waals surface area contributed by atoms with Crippen LogP contribution in [0.25, 0.3) is 0 Å². The van der Waals surface area contributed by atoms with Crippen molar-refractivity contribution in [1.29, 1.82) is 5.26 Å². The molecule has 0 heterocycles. The second-order valence-corrected chi connectivity index (χ2v) is 6.00. The highest BCUT2D eigenvalue weighted by atomic mass is 35.5. The minimum atomic E-state index is -0.859. The first-order valence-corrected chi connectivity index (χ1v) is 8.23. The molecule has 1 rings (SSSR count). The van der Waals surface area contributed by atoms with Crippen molar-refractivity contribution in [3.05, 3.63) is 33.8 Å². The standard InChI is InChI=1S/C17H21Cl2NO/c1-2-3-4-5-6-7-11-16(21)13(12-20)17-14(18)9-8-10-15(17)19/h8-10,13H,2-7,11H2,1H3. The van der Waals surface area contributed by atoms with Crippen molar-refractivity contribution in [1.82, 2.24) is 0 Å². The van der Waals surface area contributed by atoms with E-state index in [9.17, 15) is 10.1 Å². The van der Waals surface area contributed by atoms with Crippen molar-refractivity contribution in [2.75, 3.05) is 0 Å². The number of unbranched alkanes of at least 4 members (excludes halogenated alkanes) is 5. The fraction of sp³-hybridized carbons (Fsp3) is 0.529. The topological polar surface area (TPSA) is 40.9 Å². The number of rotatable bonds is 9. The van der Waals surface area contributed by atoms with Crippen LogP contribution in [0, 0.1) is 11.3 Å². The second-order valence-electron chi connectivity index (χ2n) is 5.18. The van der Waals surface area contributed by atoms with Crippen molar-refractivity contribution in [2.24, 2.45) is 0 Å². The number of halogens is 2. The zero-order valence-electron chi connectivity index (χ0n) is 12.4. The average Bonchev–Trinajstić information content (AvgIpc) is 2.46. The number of Topliss-reactive ketones (excluding diaryl/α,β-unsaturated/α-hetero) is 1. The maximum atomic E-state index is 12.2. The molecule has 0 spiro atoms. The van der Waals surface area contributed by atoms with Gasteiger partial charge in [-0.05, 0) is 18.6 Å². The third kappa shape index (κ3) is 5.69. The number of nitrogens with zero attached hydrogens (tertiary/aromatic N) is 1. The van der Waals surface area contributed by atoms with Crippen LogP contribution in [0.5, 0.6) is 0 Å². The van der Waals surface area contributed by atoms with Gasteiger partial charge in [0.05, 0.1) is 6.07 Å². The van der Waals surface area contributed by atoms with Crippen molar-refractivity contribution in [3.63, 3.8) is 0 Å². The zero-order chi connectivity index (χ0) is 15.7. The Hall–Kier alpha value is -1.04. The molecule has 0 saturated carbocycles. The van der Waals surface area contributed by atoms with Gasteiger partial charge < -0.3 is 0 Å². The van der Waals surface area contributed by atoms with E-state index in [1.54, 1.807) is 18.2 Å². The molecule has 0 saturated heterocycles. The summed E-state index contributed by atoms with van der Waals surface area (Å²) in [5.74, 6) is -0.954. The summed E-state index contributed by atoms with van der Waals surface area (Å²) in [5, 5.41) is 10.0. The molecular weight excluding hydrogens is 305 g/mol. The third-order valence-electron chi connectivity index (χ3n) is 3.52. The van der Waals surface area contributed by atoms with Crippen LogP contribution in [0.15, 0.2) is 18.2 Å². The molecule has 1 unspecified atom stereocenters. The summed E-state index contributed by atoms with van der Waals surface area (Å²) in [6, 6.07) is 7.07. The molecular formula is C17H21Cl2NO. The monoisotopic (exact) mass is 325 g/mol. The van der Waals surface area contributed by atoms with Gasteiger partial charge in [-0.3, -0.25) is 4.79 Å².